The Morgan fingerprint density at radius 1 is 1.27 bits per heavy atom. The van der Waals surface area contributed by atoms with Crippen molar-refractivity contribution in [1.29, 1.82) is 0 Å². The molecule has 4 heteroatoms. The maximum Gasteiger partial charge on any atom is 0.125 e. The number of hydrogen-bond donors (Lipinski definition) is 1. The molecule has 0 spiro atoms. The van der Waals surface area contributed by atoms with Crippen molar-refractivity contribution in [3.8, 4) is 22.8 Å². The highest BCUT2D eigenvalue weighted by atomic mass is 16.5. The highest BCUT2D eigenvalue weighted by Gasteiger charge is 2.06. The Hall–Kier alpha value is -2.10. The summed E-state index contributed by atoms with van der Waals surface area (Å²) in [6, 6.07) is 6.74. The second-order valence-electron chi connectivity index (χ2n) is 2.98. The Bertz CT molecular complexity index is 457. The van der Waals surface area contributed by atoms with E-state index >= 15 is 0 Å². The van der Waals surface area contributed by atoms with E-state index in [9.17, 15) is 5.11 Å². The number of phenols is 1. The van der Waals surface area contributed by atoms with E-state index in [1.165, 1.54) is 6.33 Å². The Balaban J connectivity index is 2.52. The van der Waals surface area contributed by atoms with Crippen LogP contribution in [-0.4, -0.2) is 22.2 Å². The minimum atomic E-state index is 0.175. The molecule has 1 aromatic carbocycles. The molecule has 0 radical (unpaired) electrons. The highest BCUT2D eigenvalue weighted by Crippen LogP contribution is 2.30. The smallest absolute Gasteiger partial charge is 0.125 e. The molecule has 0 aliphatic rings. The molecular formula is C11H10N2O2. The van der Waals surface area contributed by atoms with Gasteiger partial charge in [0.25, 0.3) is 0 Å². The zero-order valence-corrected chi connectivity index (χ0v) is 8.21. The van der Waals surface area contributed by atoms with Crippen molar-refractivity contribution in [2.24, 2.45) is 0 Å². The molecule has 76 valence electrons. The van der Waals surface area contributed by atoms with Crippen LogP contribution in [0.4, 0.5) is 0 Å². The molecular weight excluding hydrogens is 192 g/mol. The van der Waals surface area contributed by atoms with Gasteiger partial charge in [-0.3, -0.25) is 0 Å². The molecule has 0 saturated carbocycles. The van der Waals surface area contributed by atoms with Gasteiger partial charge in [0.15, 0.2) is 0 Å². The fraction of sp³-hybridized carbons (Fsp3) is 0.0909. The van der Waals surface area contributed by atoms with Gasteiger partial charge in [0.2, 0.25) is 0 Å². The largest absolute Gasteiger partial charge is 0.507 e. The van der Waals surface area contributed by atoms with E-state index in [4.69, 9.17) is 4.74 Å². The van der Waals surface area contributed by atoms with E-state index < -0.39 is 0 Å². The first kappa shape index (κ1) is 9.45. The number of aromatic hydroxyl groups is 1. The third-order valence-electron chi connectivity index (χ3n) is 2.06. The number of aromatic nitrogens is 2. The lowest BCUT2D eigenvalue weighted by Crippen LogP contribution is -1.87. The van der Waals surface area contributed by atoms with E-state index in [1.54, 1.807) is 37.6 Å². The molecule has 0 saturated heterocycles. The summed E-state index contributed by atoms with van der Waals surface area (Å²) in [7, 11) is 1.58. The van der Waals surface area contributed by atoms with Gasteiger partial charge in [0.05, 0.1) is 12.8 Å². The third kappa shape index (κ3) is 1.88. The minimum absolute atomic E-state index is 0.175. The summed E-state index contributed by atoms with van der Waals surface area (Å²) in [5.74, 6) is 0.857. The van der Waals surface area contributed by atoms with Crippen molar-refractivity contribution in [3.05, 3.63) is 36.8 Å². The fourth-order valence-corrected chi connectivity index (χ4v) is 1.30. The van der Waals surface area contributed by atoms with Gasteiger partial charge in [-0.2, -0.15) is 0 Å². The number of phenolic OH excluding ortho intramolecular Hbond substituents is 1. The molecule has 0 aliphatic heterocycles. The lowest BCUT2D eigenvalue weighted by molar-refractivity contribution is 0.412. The van der Waals surface area contributed by atoms with Gasteiger partial charge in [-0.05, 0) is 24.3 Å². The minimum Gasteiger partial charge on any atom is -0.507 e. The first-order chi connectivity index (χ1) is 7.31. The first-order valence-electron chi connectivity index (χ1n) is 4.44. The van der Waals surface area contributed by atoms with E-state index in [2.05, 4.69) is 9.97 Å². The number of benzene rings is 1. The van der Waals surface area contributed by atoms with E-state index in [0.29, 0.717) is 17.0 Å². The van der Waals surface area contributed by atoms with Gasteiger partial charge in [-0.1, -0.05) is 0 Å². The lowest BCUT2D eigenvalue weighted by Gasteiger charge is -2.05. The summed E-state index contributed by atoms with van der Waals surface area (Å²) in [6.45, 7) is 0. The summed E-state index contributed by atoms with van der Waals surface area (Å²) in [4.78, 5) is 7.88. The number of hydrogen-bond acceptors (Lipinski definition) is 4. The number of methoxy groups -OCH3 is 1. The Morgan fingerprint density at radius 2 is 2.13 bits per heavy atom. The molecule has 0 atom stereocenters. The molecule has 0 fully saturated rings. The predicted molar refractivity (Wildman–Crippen MR) is 55.7 cm³/mol. The van der Waals surface area contributed by atoms with Crippen molar-refractivity contribution in [2.45, 2.75) is 0 Å². The maximum absolute atomic E-state index is 9.67. The topological polar surface area (TPSA) is 55.2 Å². The second kappa shape index (κ2) is 3.96. The number of ether oxygens (including phenoxy) is 1. The van der Waals surface area contributed by atoms with Crippen LogP contribution >= 0.6 is 0 Å². The fourth-order valence-electron chi connectivity index (χ4n) is 1.30. The Kier molecular flexibility index (Phi) is 2.49. The molecule has 1 aromatic heterocycles. The highest BCUT2D eigenvalue weighted by molar-refractivity contribution is 5.68. The standard InChI is InChI=1S/C11H10N2O2/c1-15-8-2-3-11(14)9(6-8)10-4-5-12-7-13-10/h2-7,14H,1H3. The van der Waals surface area contributed by atoms with Crippen molar-refractivity contribution < 1.29 is 9.84 Å². The van der Waals surface area contributed by atoms with Crippen LogP contribution in [0.1, 0.15) is 0 Å². The van der Waals surface area contributed by atoms with Crippen molar-refractivity contribution in [2.75, 3.05) is 7.11 Å². The molecule has 0 aliphatic carbocycles. The average Bonchev–Trinajstić information content (AvgIpc) is 2.31. The number of rotatable bonds is 2. The maximum atomic E-state index is 9.67. The second-order valence-corrected chi connectivity index (χ2v) is 2.98. The van der Waals surface area contributed by atoms with Crippen LogP contribution in [0.5, 0.6) is 11.5 Å². The molecule has 4 nitrogen and oxygen atoms in total. The van der Waals surface area contributed by atoms with Crippen LogP contribution < -0.4 is 4.74 Å². The van der Waals surface area contributed by atoms with Gasteiger partial charge in [-0.15, -0.1) is 0 Å². The Labute approximate surface area is 87.2 Å². The molecule has 15 heavy (non-hydrogen) atoms. The van der Waals surface area contributed by atoms with Gasteiger partial charge < -0.3 is 9.84 Å². The molecule has 2 rings (SSSR count). The Morgan fingerprint density at radius 3 is 2.80 bits per heavy atom. The van der Waals surface area contributed by atoms with Crippen LogP contribution in [0.15, 0.2) is 36.8 Å². The van der Waals surface area contributed by atoms with E-state index in [-0.39, 0.29) is 5.75 Å². The summed E-state index contributed by atoms with van der Waals surface area (Å²) >= 11 is 0. The molecule has 2 aromatic rings. The van der Waals surface area contributed by atoms with E-state index in [0.717, 1.165) is 0 Å². The van der Waals surface area contributed by atoms with Crippen LogP contribution in [0, 0.1) is 0 Å². The summed E-state index contributed by atoms with van der Waals surface area (Å²) in [5.41, 5.74) is 1.30. The van der Waals surface area contributed by atoms with Crippen molar-refractivity contribution in [3.63, 3.8) is 0 Å². The van der Waals surface area contributed by atoms with Crippen molar-refractivity contribution in [1.82, 2.24) is 9.97 Å². The molecule has 0 unspecified atom stereocenters. The SMILES string of the molecule is COc1ccc(O)c(-c2ccncn2)c1. The van der Waals surface area contributed by atoms with Gasteiger partial charge in [-0.25, -0.2) is 9.97 Å². The average molecular weight is 202 g/mol. The first-order valence-corrected chi connectivity index (χ1v) is 4.44. The monoisotopic (exact) mass is 202 g/mol. The van der Waals surface area contributed by atoms with E-state index in [1.807, 2.05) is 0 Å². The third-order valence-corrected chi connectivity index (χ3v) is 2.06. The lowest BCUT2D eigenvalue weighted by atomic mass is 10.1. The van der Waals surface area contributed by atoms with Crippen LogP contribution in [-0.2, 0) is 0 Å². The van der Waals surface area contributed by atoms with Gasteiger partial charge in [0.1, 0.15) is 17.8 Å². The molecule has 1 N–H and O–H groups in total. The van der Waals surface area contributed by atoms with Crippen LogP contribution in [0.2, 0.25) is 0 Å². The quantitative estimate of drug-likeness (QED) is 0.807. The van der Waals surface area contributed by atoms with Gasteiger partial charge in [0, 0.05) is 11.8 Å². The molecule has 1 heterocycles. The predicted octanol–water partition coefficient (Wildman–Crippen LogP) is 1.86. The zero-order valence-electron chi connectivity index (χ0n) is 8.21. The van der Waals surface area contributed by atoms with Crippen LogP contribution in [0.3, 0.4) is 0 Å². The van der Waals surface area contributed by atoms with Gasteiger partial charge >= 0.3 is 0 Å². The van der Waals surface area contributed by atoms with Crippen molar-refractivity contribution >= 4 is 0 Å². The van der Waals surface area contributed by atoms with Crippen LogP contribution in [0.25, 0.3) is 11.3 Å². The summed E-state index contributed by atoms with van der Waals surface area (Å²) in [5, 5.41) is 9.67. The molecule has 0 amide bonds. The summed E-state index contributed by atoms with van der Waals surface area (Å²) in [6.07, 6.45) is 3.06. The number of nitrogens with zero attached hydrogens (tertiary/aromatic N) is 2. The molecule has 0 bridgehead atoms. The summed E-state index contributed by atoms with van der Waals surface area (Å²) < 4.78 is 5.08. The normalized spacial score (nSPS) is 9.93. The zero-order chi connectivity index (χ0) is 10.7.